The van der Waals surface area contributed by atoms with Crippen molar-refractivity contribution in [3.63, 3.8) is 0 Å². The predicted molar refractivity (Wildman–Crippen MR) is 96.8 cm³/mol. The van der Waals surface area contributed by atoms with E-state index in [4.69, 9.17) is 5.73 Å². The van der Waals surface area contributed by atoms with Crippen LogP contribution in [0.2, 0.25) is 0 Å². The molecule has 1 aromatic heterocycles. The molecule has 0 spiro atoms. The summed E-state index contributed by atoms with van der Waals surface area (Å²) in [5.41, 5.74) is 8.24. The molecule has 24 heavy (non-hydrogen) atoms. The maximum atomic E-state index is 11.9. The van der Waals surface area contributed by atoms with Gasteiger partial charge in [-0.05, 0) is 61.5 Å². The quantitative estimate of drug-likeness (QED) is 0.907. The number of aromatic nitrogens is 1. The first kappa shape index (κ1) is 15.7. The SMILES string of the molecule is Cc1cccc2ccn(C3C4CCC3CC(NC(=O)CCN)C4)c12. The van der Waals surface area contributed by atoms with E-state index in [1.807, 2.05) is 0 Å². The number of nitrogens with zero attached hydrogens (tertiary/aromatic N) is 1. The summed E-state index contributed by atoms with van der Waals surface area (Å²) in [5.74, 6) is 1.45. The van der Waals surface area contributed by atoms with Gasteiger partial charge in [-0.15, -0.1) is 0 Å². The first-order chi connectivity index (χ1) is 11.7. The number of carbonyl (C=O) groups excluding carboxylic acids is 1. The van der Waals surface area contributed by atoms with Crippen molar-refractivity contribution in [2.75, 3.05) is 6.54 Å². The largest absolute Gasteiger partial charge is 0.353 e. The number of para-hydroxylation sites is 1. The molecule has 0 aliphatic heterocycles. The van der Waals surface area contributed by atoms with Crippen molar-refractivity contribution in [3.05, 3.63) is 36.0 Å². The second-order valence-electron chi connectivity index (χ2n) is 7.60. The van der Waals surface area contributed by atoms with Crippen molar-refractivity contribution in [1.29, 1.82) is 0 Å². The smallest absolute Gasteiger partial charge is 0.221 e. The fourth-order valence-electron chi connectivity index (χ4n) is 5.15. The Labute approximate surface area is 143 Å². The van der Waals surface area contributed by atoms with Gasteiger partial charge in [-0.2, -0.15) is 0 Å². The number of amides is 1. The number of carbonyl (C=O) groups is 1. The van der Waals surface area contributed by atoms with E-state index >= 15 is 0 Å². The van der Waals surface area contributed by atoms with E-state index < -0.39 is 0 Å². The fraction of sp³-hybridized carbons (Fsp3) is 0.550. The fourth-order valence-corrected chi connectivity index (χ4v) is 5.15. The number of nitrogens with one attached hydrogen (secondary N) is 1. The van der Waals surface area contributed by atoms with Gasteiger partial charge in [0.2, 0.25) is 5.91 Å². The molecular formula is C20H27N3O. The molecule has 2 atom stereocenters. The molecule has 4 heteroatoms. The van der Waals surface area contributed by atoms with Crippen LogP contribution in [0.4, 0.5) is 0 Å². The third-order valence-electron chi connectivity index (χ3n) is 6.05. The van der Waals surface area contributed by atoms with Gasteiger partial charge in [-0.1, -0.05) is 18.2 Å². The third kappa shape index (κ3) is 2.63. The maximum absolute atomic E-state index is 11.9. The summed E-state index contributed by atoms with van der Waals surface area (Å²) in [5, 5.41) is 4.55. The van der Waals surface area contributed by atoms with Gasteiger partial charge >= 0.3 is 0 Å². The second-order valence-corrected chi connectivity index (χ2v) is 7.60. The lowest BCUT2D eigenvalue weighted by atomic mass is 9.80. The monoisotopic (exact) mass is 325 g/mol. The molecule has 128 valence electrons. The normalized spacial score (nSPS) is 29.1. The Bertz CT molecular complexity index is 736. The highest BCUT2D eigenvalue weighted by Crippen LogP contribution is 2.50. The summed E-state index contributed by atoms with van der Waals surface area (Å²) in [6, 6.07) is 9.72. The highest BCUT2D eigenvalue weighted by molar-refractivity contribution is 5.83. The van der Waals surface area contributed by atoms with Crippen LogP contribution in [0.15, 0.2) is 30.5 Å². The lowest BCUT2D eigenvalue weighted by Gasteiger charge is -2.37. The second kappa shape index (κ2) is 6.25. The summed E-state index contributed by atoms with van der Waals surface area (Å²) >= 11 is 0. The van der Waals surface area contributed by atoms with Gasteiger partial charge in [0.1, 0.15) is 0 Å². The summed E-state index contributed by atoms with van der Waals surface area (Å²) in [6.45, 7) is 2.64. The van der Waals surface area contributed by atoms with E-state index in [0.29, 0.717) is 36.9 Å². The summed E-state index contributed by atoms with van der Waals surface area (Å²) in [7, 11) is 0. The Morgan fingerprint density at radius 1 is 1.25 bits per heavy atom. The first-order valence-electron chi connectivity index (χ1n) is 9.23. The Morgan fingerprint density at radius 3 is 2.71 bits per heavy atom. The van der Waals surface area contributed by atoms with Gasteiger partial charge in [0.15, 0.2) is 0 Å². The van der Waals surface area contributed by atoms with E-state index in [9.17, 15) is 4.79 Å². The van der Waals surface area contributed by atoms with Crippen LogP contribution in [0.25, 0.3) is 10.9 Å². The van der Waals surface area contributed by atoms with Crippen molar-refractivity contribution in [2.24, 2.45) is 17.6 Å². The number of nitrogens with two attached hydrogens (primary N) is 1. The average molecular weight is 325 g/mol. The van der Waals surface area contributed by atoms with E-state index in [1.165, 1.54) is 29.3 Å². The Kier molecular flexibility index (Phi) is 4.09. The van der Waals surface area contributed by atoms with E-state index in [2.05, 4.69) is 47.3 Å². The minimum absolute atomic E-state index is 0.114. The molecule has 4 rings (SSSR count). The molecular weight excluding hydrogens is 298 g/mol. The average Bonchev–Trinajstić information content (AvgIpc) is 3.07. The molecule has 2 bridgehead atoms. The summed E-state index contributed by atoms with van der Waals surface area (Å²) < 4.78 is 2.53. The molecule has 3 N–H and O–H groups in total. The Balaban J connectivity index is 1.57. The molecule has 0 saturated heterocycles. The minimum atomic E-state index is 0.114. The van der Waals surface area contributed by atoms with Crippen molar-refractivity contribution in [2.45, 2.75) is 51.1 Å². The summed E-state index contributed by atoms with van der Waals surface area (Å²) in [4.78, 5) is 11.9. The Morgan fingerprint density at radius 2 is 2.00 bits per heavy atom. The topological polar surface area (TPSA) is 60.0 Å². The standard InChI is InChI=1S/C20H27N3O/c1-13-3-2-4-14-8-10-23(19(13)14)20-15-5-6-16(20)12-17(11-15)22-18(24)7-9-21/h2-4,8,10,15-17,20H,5-7,9,11-12,21H2,1H3,(H,22,24). The zero-order valence-corrected chi connectivity index (χ0v) is 14.4. The molecule has 1 heterocycles. The van der Waals surface area contributed by atoms with Gasteiger partial charge in [0.05, 0.1) is 5.52 Å². The first-order valence-corrected chi connectivity index (χ1v) is 9.23. The predicted octanol–water partition coefficient (Wildman–Crippen LogP) is 3.14. The van der Waals surface area contributed by atoms with Crippen molar-refractivity contribution >= 4 is 16.8 Å². The van der Waals surface area contributed by atoms with Crippen LogP contribution < -0.4 is 11.1 Å². The number of rotatable bonds is 4. The van der Waals surface area contributed by atoms with Crippen molar-refractivity contribution in [1.82, 2.24) is 9.88 Å². The van der Waals surface area contributed by atoms with E-state index in [0.717, 1.165) is 12.8 Å². The lowest BCUT2D eigenvalue weighted by Crippen LogP contribution is -2.42. The molecule has 4 nitrogen and oxygen atoms in total. The molecule has 2 aliphatic rings. The molecule has 2 fully saturated rings. The number of hydrogen-bond donors (Lipinski definition) is 2. The number of benzene rings is 1. The zero-order chi connectivity index (χ0) is 16.7. The Hall–Kier alpha value is -1.81. The van der Waals surface area contributed by atoms with Gasteiger partial charge in [0.25, 0.3) is 0 Å². The van der Waals surface area contributed by atoms with Crippen LogP contribution in [0.1, 0.15) is 43.7 Å². The molecule has 1 amide bonds. The van der Waals surface area contributed by atoms with Crippen LogP contribution >= 0.6 is 0 Å². The van der Waals surface area contributed by atoms with Crippen LogP contribution in [-0.4, -0.2) is 23.1 Å². The molecule has 1 aromatic carbocycles. The lowest BCUT2D eigenvalue weighted by molar-refractivity contribution is -0.122. The highest BCUT2D eigenvalue weighted by Gasteiger charge is 2.44. The third-order valence-corrected chi connectivity index (χ3v) is 6.05. The molecule has 0 radical (unpaired) electrons. The summed E-state index contributed by atoms with van der Waals surface area (Å²) in [6.07, 6.45) is 7.48. The van der Waals surface area contributed by atoms with Crippen LogP contribution in [0.3, 0.4) is 0 Å². The highest BCUT2D eigenvalue weighted by atomic mass is 16.1. The maximum Gasteiger partial charge on any atom is 0.221 e. The van der Waals surface area contributed by atoms with Gasteiger partial charge < -0.3 is 15.6 Å². The molecule has 2 aromatic rings. The zero-order valence-electron chi connectivity index (χ0n) is 14.4. The van der Waals surface area contributed by atoms with Gasteiger partial charge in [0, 0.05) is 31.2 Å². The van der Waals surface area contributed by atoms with Crippen molar-refractivity contribution < 1.29 is 4.79 Å². The number of hydrogen-bond acceptors (Lipinski definition) is 2. The number of aryl methyl sites for hydroxylation is 1. The van der Waals surface area contributed by atoms with E-state index in [1.54, 1.807) is 0 Å². The van der Waals surface area contributed by atoms with E-state index in [-0.39, 0.29) is 5.91 Å². The van der Waals surface area contributed by atoms with Gasteiger partial charge in [-0.3, -0.25) is 4.79 Å². The minimum Gasteiger partial charge on any atom is -0.353 e. The van der Waals surface area contributed by atoms with Crippen LogP contribution in [-0.2, 0) is 4.79 Å². The molecule has 2 aliphatic carbocycles. The van der Waals surface area contributed by atoms with Crippen LogP contribution in [0.5, 0.6) is 0 Å². The molecule has 2 unspecified atom stereocenters. The molecule has 2 saturated carbocycles. The number of fused-ring (bicyclic) bond motifs is 3. The van der Waals surface area contributed by atoms with Crippen LogP contribution in [0, 0.1) is 18.8 Å². The van der Waals surface area contributed by atoms with Crippen molar-refractivity contribution in [3.8, 4) is 0 Å². The van der Waals surface area contributed by atoms with Gasteiger partial charge in [-0.25, -0.2) is 0 Å².